The maximum atomic E-state index is 12.1. The number of nitrogens with one attached hydrogen (secondary N) is 1. The topological polar surface area (TPSA) is 58.4 Å². The lowest BCUT2D eigenvalue weighted by Crippen LogP contribution is -2.39. The second-order valence-electron chi connectivity index (χ2n) is 5.62. The number of piperidine rings is 1. The second kappa shape index (κ2) is 7.52. The third-order valence-electron chi connectivity index (χ3n) is 4.08. The van der Waals surface area contributed by atoms with Gasteiger partial charge in [0.2, 0.25) is 5.91 Å². The van der Waals surface area contributed by atoms with E-state index >= 15 is 0 Å². The number of anilines is 1. The van der Waals surface area contributed by atoms with Gasteiger partial charge in [-0.2, -0.15) is 0 Å². The average Bonchev–Trinajstić information content (AvgIpc) is 2.48. The Labute approximate surface area is 131 Å². The van der Waals surface area contributed by atoms with Crippen molar-refractivity contribution in [2.24, 2.45) is 11.7 Å². The van der Waals surface area contributed by atoms with Crippen LogP contribution in [-0.4, -0.2) is 35.4 Å². The van der Waals surface area contributed by atoms with Gasteiger partial charge in [0.25, 0.3) is 0 Å². The molecular formula is C16H23N3OS. The molecule has 0 aromatic heterocycles. The predicted octanol–water partition coefficient (Wildman–Crippen LogP) is 2.38. The summed E-state index contributed by atoms with van der Waals surface area (Å²) in [6.45, 7) is 4.72. The first-order chi connectivity index (χ1) is 10.1. The summed E-state index contributed by atoms with van der Waals surface area (Å²) in [7, 11) is 0. The Balaban J connectivity index is 1.85. The number of amides is 1. The molecule has 114 valence electrons. The van der Waals surface area contributed by atoms with Gasteiger partial charge in [0.15, 0.2) is 0 Å². The standard InChI is InChI=1S/C16H23N3OS/c1-2-12-6-8-19(9-7-12)11-15(20)18-14-5-3-4-13(10-14)16(17)21/h3-5,10,12H,2,6-9,11H2,1H3,(H2,17,21)(H,18,20). The highest BCUT2D eigenvalue weighted by Crippen LogP contribution is 2.19. The minimum absolute atomic E-state index is 0.0186. The molecule has 1 aromatic rings. The Morgan fingerprint density at radius 2 is 2.14 bits per heavy atom. The van der Waals surface area contributed by atoms with Gasteiger partial charge in [-0.15, -0.1) is 0 Å². The Bertz CT molecular complexity index is 510. The molecule has 1 saturated heterocycles. The van der Waals surface area contributed by atoms with Crippen molar-refractivity contribution in [2.75, 3.05) is 25.0 Å². The fourth-order valence-corrected chi connectivity index (χ4v) is 2.83. The molecule has 0 aliphatic carbocycles. The lowest BCUT2D eigenvalue weighted by atomic mass is 9.94. The molecule has 1 aliphatic rings. The second-order valence-corrected chi connectivity index (χ2v) is 6.06. The van der Waals surface area contributed by atoms with E-state index < -0.39 is 0 Å². The van der Waals surface area contributed by atoms with Crippen molar-refractivity contribution in [3.8, 4) is 0 Å². The van der Waals surface area contributed by atoms with Gasteiger partial charge in [-0.1, -0.05) is 37.7 Å². The average molecular weight is 305 g/mol. The van der Waals surface area contributed by atoms with Crippen molar-refractivity contribution in [1.29, 1.82) is 0 Å². The van der Waals surface area contributed by atoms with Crippen LogP contribution in [0.4, 0.5) is 5.69 Å². The van der Waals surface area contributed by atoms with Gasteiger partial charge in [-0.05, 0) is 44.0 Å². The van der Waals surface area contributed by atoms with Crippen molar-refractivity contribution >= 4 is 28.8 Å². The van der Waals surface area contributed by atoms with Gasteiger partial charge in [0, 0.05) is 11.3 Å². The number of nitrogens with zero attached hydrogens (tertiary/aromatic N) is 1. The number of thiocarbonyl (C=S) groups is 1. The van der Waals surface area contributed by atoms with Crippen LogP contribution in [0.2, 0.25) is 0 Å². The minimum Gasteiger partial charge on any atom is -0.389 e. The van der Waals surface area contributed by atoms with Crippen LogP contribution in [0.3, 0.4) is 0 Å². The quantitative estimate of drug-likeness (QED) is 0.820. The van der Waals surface area contributed by atoms with Crippen LogP contribution in [-0.2, 0) is 4.79 Å². The van der Waals surface area contributed by atoms with E-state index in [9.17, 15) is 4.79 Å². The summed E-state index contributed by atoms with van der Waals surface area (Å²) in [5, 5.41) is 2.91. The number of benzene rings is 1. The van der Waals surface area contributed by atoms with Crippen molar-refractivity contribution in [3.05, 3.63) is 29.8 Å². The smallest absolute Gasteiger partial charge is 0.238 e. The number of hydrogen-bond donors (Lipinski definition) is 2. The molecule has 0 atom stereocenters. The molecule has 0 saturated carbocycles. The zero-order chi connectivity index (χ0) is 15.2. The van der Waals surface area contributed by atoms with E-state index in [0.29, 0.717) is 11.5 Å². The zero-order valence-corrected chi connectivity index (χ0v) is 13.3. The molecule has 0 radical (unpaired) electrons. The van der Waals surface area contributed by atoms with Crippen LogP contribution in [0.5, 0.6) is 0 Å². The minimum atomic E-state index is 0.0186. The molecule has 5 heteroatoms. The molecule has 2 rings (SSSR count). The first kappa shape index (κ1) is 15.9. The third kappa shape index (κ3) is 4.79. The zero-order valence-electron chi connectivity index (χ0n) is 12.5. The van der Waals surface area contributed by atoms with Crippen LogP contribution in [0, 0.1) is 5.92 Å². The van der Waals surface area contributed by atoms with Crippen LogP contribution in [0.15, 0.2) is 24.3 Å². The number of rotatable bonds is 5. The fraction of sp³-hybridized carbons (Fsp3) is 0.500. The molecule has 0 bridgehead atoms. The molecule has 0 unspecified atom stereocenters. The first-order valence-corrected chi connectivity index (χ1v) is 7.91. The van der Waals surface area contributed by atoms with Crippen LogP contribution < -0.4 is 11.1 Å². The van der Waals surface area contributed by atoms with Gasteiger partial charge in [-0.3, -0.25) is 9.69 Å². The van der Waals surface area contributed by atoms with Gasteiger partial charge >= 0.3 is 0 Å². The molecule has 3 N–H and O–H groups in total. The first-order valence-electron chi connectivity index (χ1n) is 7.50. The monoisotopic (exact) mass is 305 g/mol. The lowest BCUT2D eigenvalue weighted by Gasteiger charge is -2.30. The summed E-state index contributed by atoms with van der Waals surface area (Å²) in [6, 6.07) is 7.34. The van der Waals surface area contributed by atoms with Crippen LogP contribution in [0.25, 0.3) is 0 Å². The Kier molecular flexibility index (Phi) is 5.70. The van der Waals surface area contributed by atoms with Crippen molar-refractivity contribution in [2.45, 2.75) is 26.2 Å². The molecule has 0 spiro atoms. The number of hydrogen-bond acceptors (Lipinski definition) is 3. The highest BCUT2D eigenvalue weighted by molar-refractivity contribution is 7.80. The van der Waals surface area contributed by atoms with Gasteiger partial charge in [0.05, 0.1) is 6.54 Å². The molecule has 1 amide bonds. The maximum absolute atomic E-state index is 12.1. The SMILES string of the molecule is CCC1CCN(CC(=O)Nc2cccc(C(N)=S)c2)CC1. The van der Waals surface area contributed by atoms with Crippen LogP contribution >= 0.6 is 12.2 Å². The summed E-state index contributed by atoms with van der Waals surface area (Å²) in [6.07, 6.45) is 3.63. The normalized spacial score (nSPS) is 16.6. The molecular weight excluding hydrogens is 282 g/mol. The van der Waals surface area contributed by atoms with E-state index in [1.807, 2.05) is 24.3 Å². The Hall–Kier alpha value is -1.46. The molecule has 1 fully saturated rings. The largest absolute Gasteiger partial charge is 0.389 e. The van der Waals surface area contributed by atoms with E-state index in [1.54, 1.807) is 0 Å². The van der Waals surface area contributed by atoms with Gasteiger partial charge in [-0.25, -0.2) is 0 Å². The lowest BCUT2D eigenvalue weighted by molar-refractivity contribution is -0.117. The maximum Gasteiger partial charge on any atom is 0.238 e. The Morgan fingerprint density at radius 3 is 2.76 bits per heavy atom. The summed E-state index contributed by atoms with van der Waals surface area (Å²) in [4.78, 5) is 14.7. The van der Waals surface area contributed by atoms with E-state index in [2.05, 4.69) is 17.1 Å². The summed E-state index contributed by atoms with van der Waals surface area (Å²) in [5.74, 6) is 0.844. The highest BCUT2D eigenvalue weighted by Gasteiger charge is 2.19. The molecule has 4 nitrogen and oxygen atoms in total. The summed E-state index contributed by atoms with van der Waals surface area (Å²) >= 11 is 4.95. The third-order valence-corrected chi connectivity index (χ3v) is 4.32. The van der Waals surface area contributed by atoms with E-state index in [0.717, 1.165) is 30.3 Å². The van der Waals surface area contributed by atoms with E-state index in [-0.39, 0.29) is 5.91 Å². The summed E-state index contributed by atoms with van der Waals surface area (Å²) < 4.78 is 0. The van der Waals surface area contributed by atoms with Crippen LogP contribution in [0.1, 0.15) is 31.7 Å². The molecule has 1 aliphatic heterocycles. The van der Waals surface area contributed by atoms with Gasteiger partial charge < -0.3 is 11.1 Å². The van der Waals surface area contributed by atoms with Crippen molar-refractivity contribution in [1.82, 2.24) is 4.90 Å². The number of nitrogens with two attached hydrogens (primary N) is 1. The molecule has 1 aromatic carbocycles. The number of likely N-dealkylation sites (tertiary alicyclic amines) is 1. The molecule has 21 heavy (non-hydrogen) atoms. The Morgan fingerprint density at radius 1 is 1.43 bits per heavy atom. The van der Waals surface area contributed by atoms with Gasteiger partial charge in [0.1, 0.15) is 4.99 Å². The summed E-state index contributed by atoms with van der Waals surface area (Å²) in [5.41, 5.74) is 7.11. The van der Waals surface area contributed by atoms with E-state index in [1.165, 1.54) is 19.3 Å². The van der Waals surface area contributed by atoms with Crippen molar-refractivity contribution < 1.29 is 4.79 Å². The van der Waals surface area contributed by atoms with E-state index in [4.69, 9.17) is 18.0 Å². The predicted molar refractivity (Wildman–Crippen MR) is 90.4 cm³/mol. The number of carbonyl (C=O) groups excluding carboxylic acids is 1. The highest BCUT2D eigenvalue weighted by atomic mass is 32.1. The molecule has 1 heterocycles. The fourth-order valence-electron chi connectivity index (χ4n) is 2.71. The van der Waals surface area contributed by atoms with Crippen molar-refractivity contribution in [3.63, 3.8) is 0 Å². The number of carbonyl (C=O) groups is 1.